The highest BCUT2D eigenvalue weighted by Crippen LogP contribution is 2.34. The van der Waals surface area contributed by atoms with Crippen molar-refractivity contribution in [1.82, 2.24) is 4.90 Å². The molecular weight excluding hydrogens is 341 g/mol. The second kappa shape index (κ2) is 5.96. The number of ether oxygens (including phenoxy) is 2. The van der Waals surface area contributed by atoms with E-state index in [1.165, 1.54) is 14.2 Å². The summed E-state index contributed by atoms with van der Waals surface area (Å²) in [7, 11) is 2.85. The van der Waals surface area contributed by atoms with Crippen LogP contribution in [0.5, 0.6) is 0 Å². The van der Waals surface area contributed by atoms with Gasteiger partial charge in [-0.1, -0.05) is 22.6 Å². The number of likely N-dealkylation sites (tertiary alicyclic amines) is 1. The van der Waals surface area contributed by atoms with Crippen LogP contribution < -0.4 is 0 Å². The Balaban J connectivity index is 2.78. The summed E-state index contributed by atoms with van der Waals surface area (Å²) >= 11 is 1.85. The topological polar surface area (TPSA) is 76.1 Å². The monoisotopic (exact) mass is 357 g/mol. The molecule has 17 heavy (non-hydrogen) atoms. The average molecular weight is 357 g/mol. The van der Waals surface area contributed by atoms with Crippen LogP contribution in [0.1, 0.15) is 6.42 Å². The van der Waals surface area contributed by atoms with Gasteiger partial charge in [-0.3, -0.25) is 9.69 Å². The summed E-state index contributed by atoms with van der Waals surface area (Å²) in [6.45, 7) is 1.16. The molecule has 0 aromatic carbocycles. The van der Waals surface area contributed by atoms with Crippen LogP contribution in [0.3, 0.4) is 0 Å². The molecule has 0 radical (unpaired) electrons. The molecule has 2 unspecified atom stereocenters. The molecule has 1 aliphatic heterocycles. The van der Waals surface area contributed by atoms with Gasteiger partial charge in [0.25, 0.3) is 0 Å². The van der Waals surface area contributed by atoms with Crippen LogP contribution in [0.4, 0.5) is 0 Å². The highest BCUT2D eigenvalue weighted by Gasteiger charge is 2.48. The summed E-state index contributed by atoms with van der Waals surface area (Å²) in [6, 6.07) is 0. The first-order valence-corrected chi connectivity index (χ1v) is 6.39. The third-order valence-corrected chi connectivity index (χ3v) is 4.27. The molecule has 1 N–H and O–H groups in total. The summed E-state index contributed by atoms with van der Waals surface area (Å²) in [5, 5.41) is 8.94. The Hall–Kier alpha value is -0.410. The molecule has 0 aliphatic carbocycles. The number of carboxylic acid groups (broad SMARTS) is 1. The second-order valence-corrected chi connectivity index (χ2v) is 5.28. The number of methoxy groups -OCH3 is 2. The zero-order chi connectivity index (χ0) is 13.1. The van der Waals surface area contributed by atoms with Gasteiger partial charge < -0.3 is 14.6 Å². The van der Waals surface area contributed by atoms with Crippen molar-refractivity contribution in [2.45, 2.75) is 10.5 Å². The maximum atomic E-state index is 11.8. The first-order chi connectivity index (χ1) is 7.96. The van der Waals surface area contributed by atoms with E-state index in [9.17, 15) is 9.59 Å². The molecule has 0 saturated carbocycles. The van der Waals surface area contributed by atoms with Gasteiger partial charge in [0.05, 0.1) is 13.7 Å². The van der Waals surface area contributed by atoms with Gasteiger partial charge in [-0.25, -0.2) is 4.79 Å². The number of hydrogen-bond donors (Lipinski definition) is 1. The van der Waals surface area contributed by atoms with Gasteiger partial charge in [0, 0.05) is 20.2 Å². The Morgan fingerprint density at radius 3 is 2.65 bits per heavy atom. The first-order valence-electron chi connectivity index (χ1n) is 5.15. The van der Waals surface area contributed by atoms with Crippen molar-refractivity contribution in [2.75, 3.05) is 33.9 Å². The van der Waals surface area contributed by atoms with E-state index in [0.717, 1.165) is 0 Å². The fraction of sp³-hybridized carbons (Fsp3) is 0.800. The highest BCUT2D eigenvalue weighted by molar-refractivity contribution is 14.1. The van der Waals surface area contributed by atoms with Crippen LogP contribution in [0.15, 0.2) is 0 Å². The number of halogens is 1. The highest BCUT2D eigenvalue weighted by atomic mass is 127. The molecule has 6 nitrogen and oxygen atoms in total. The van der Waals surface area contributed by atoms with E-state index < -0.39 is 15.4 Å². The van der Waals surface area contributed by atoms with E-state index in [0.29, 0.717) is 19.5 Å². The molecule has 1 rings (SSSR count). The quantitative estimate of drug-likeness (QED) is 0.331. The molecule has 98 valence electrons. The molecule has 0 aromatic rings. The summed E-state index contributed by atoms with van der Waals surface area (Å²) in [6.07, 6.45) is 0.556. The summed E-state index contributed by atoms with van der Waals surface area (Å²) in [5.41, 5.74) is -0.734. The summed E-state index contributed by atoms with van der Waals surface area (Å²) in [5.74, 6) is -1.24. The van der Waals surface area contributed by atoms with Gasteiger partial charge in [0.2, 0.25) is 0 Å². The van der Waals surface area contributed by atoms with Crippen LogP contribution >= 0.6 is 22.6 Å². The van der Waals surface area contributed by atoms with E-state index in [1.54, 1.807) is 4.90 Å². The zero-order valence-electron chi connectivity index (χ0n) is 9.81. The van der Waals surface area contributed by atoms with Gasteiger partial charge in [-0.2, -0.15) is 0 Å². The fourth-order valence-corrected chi connectivity index (χ4v) is 2.57. The van der Waals surface area contributed by atoms with Crippen molar-refractivity contribution >= 4 is 34.5 Å². The molecule has 1 heterocycles. The normalized spacial score (nSPS) is 26.8. The third kappa shape index (κ3) is 3.08. The lowest BCUT2D eigenvalue weighted by atomic mass is 9.88. The second-order valence-electron chi connectivity index (χ2n) is 4.10. The van der Waals surface area contributed by atoms with Crippen molar-refractivity contribution < 1.29 is 24.2 Å². The number of hydrogen-bond acceptors (Lipinski definition) is 5. The lowest BCUT2D eigenvalue weighted by Gasteiger charge is -2.26. The smallest absolute Gasteiger partial charge is 0.331 e. The number of carbonyl (C=O) groups is 2. The molecule has 2 atom stereocenters. The number of rotatable bonds is 5. The lowest BCUT2D eigenvalue weighted by Crippen LogP contribution is -2.42. The molecule has 0 spiro atoms. The van der Waals surface area contributed by atoms with Gasteiger partial charge in [0.1, 0.15) is 5.41 Å². The van der Waals surface area contributed by atoms with E-state index in [2.05, 4.69) is 0 Å². The largest absolute Gasteiger partial charge is 0.479 e. The van der Waals surface area contributed by atoms with Crippen molar-refractivity contribution in [3.05, 3.63) is 0 Å². The molecule has 1 aliphatic rings. The zero-order valence-corrected chi connectivity index (χ0v) is 12.0. The summed E-state index contributed by atoms with van der Waals surface area (Å²) in [4.78, 5) is 24.4. The lowest BCUT2D eigenvalue weighted by molar-refractivity contribution is -0.155. The van der Waals surface area contributed by atoms with Crippen molar-refractivity contribution in [1.29, 1.82) is 0 Å². The molecule has 0 amide bonds. The SMILES string of the molecule is COCC1(C(=O)OC)CCN(C(I)C(=O)O)C1. The third-order valence-electron chi connectivity index (χ3n) is 2.95. The fourth-order valence-electron chi connectivity index (χ4n) is 2.09. The van der Waals surface area contributed by atoms with Gasteiger partial charge in [0.15, 0.2) is 4.05 Å². The Labute approximate surface area is 113 Å². The van der Waals surface area contributed by atoms with Gasteiger partial charge >= 0.3 is 11.9 Å². The predicted molar refractivity (Wildman–Crippen MR) is 68.0 cm³/mol. The molecule has 7 heteroatoms. The average Bonchev–Trinajstić information content (AvgIpc) is 2.72. The van der Waals surface area contributed by atoms with Crippen molar-refractivity contribution in [3.8, 4) is 0 Å². The minimum absolute atomic E-state index is 0.249. The Kier molecular flexibility index (Phi) is 5.14. The van der Waals surface area contributed by atoms with Crippen molar-refractivity contribution in [2.24, 2.45) is 5.41 Å². The minimum atomic E-state index is -0.899. The Morgan fingerprint density at radius 2 is 2.18 bits per heavy atom. The summed E-state index contributed by atoms with van der Waals surface area (Å²) < 4.78 is 9.22. The maximum Gasteiger partial charge on any atom is 0.331 e. The van der Waals surface area contributed by atoms with Crippen LogP contribution in [0.2, 0.25) is 0 Å². The van der Waals surface area contributed by atoms with Gasteiger partial charge in [-0.15, -0.1) is 0 Å². The molecular formula is C10H16INO5. The first kappa shape index (κ1) is 14.7. The van der Waals surface area contributed by atoms with E-state index >= 15 is 0 Å². The van der Waals surface area contributed by atoms with E-state index in [1.807, 2.05) is 22.6 Å². The molecule has 0 bridgehead atoms. The molecule has 0 aromatic heterocycles. The number of alkyl halides is 1. The van der Waals surface area contributed by atoms with Crippen LogP contribution in [-0.2, 0) is 19.1 Å². The Morgan fingerprint density at radius 1 is 1.53 bits per heavy atom. The number of aliphatic carboxylic acids is 1. The van der Waals surface area contributed by atoms with Crippen LogP contribution in [0, 0.1) is 5.41 Å². The van der Waals surface area contributed by atoms with Gasteiger partial charge in [-0.05, 0) is 6.42 Å². The predicted octanol–water partition coefficient (Wildman–Crippen LogP) is 0.344. The minimum Gasteiger partial charge on any atom is -0.479 e. The Bertz CT molecular complexity index is 311. The maximum absolute atomic E-state index is 11.8. The van der Waals surface area contributed by atoms with E-state index in [4.69, 9.17) is 14.6 Å². The number of esters is 1. The van der Waals surface area contributed by atoms with E-state index in [-0.39, 0.29) is 12.6 Å². The van der Waals surface area contributed by atoms with Crippen LogP contribution in [0.25, 0.3) is 0 Å². The number of carboxylic acids is 1. The standard InChI is InChI=1S/C10H16INO5/c1-16-6-10(9(15)17-2)3-4-12(5-10)7(11)8(13)14/h7H,3-6H2,1-2H3,(H,13,14). The molecule has 1 saturated heterocycles. The molecule has 1 fully saturated rings. The van der Waals surface area contributed by atoms with Crippen LogP contribution in [-0.4, -0.2) is 59.9 Å². The number of carbonyl (C=O) groups excluding carboxylic acids is 1. The van der Waals surface area contributed by atoms with Crippen molar-refractivity contribution in [3.63, 3.8) is 0 Å². The number of nitrogens with zero attached hydrogens (tertiary/aromatic N) is 1.